The fourth-order valence-corrected chi connectivity index (χ4v) is 5.19. The van der Waals surface area contributed by atoms with E-state index in [4.69, 9.17) is 9.15 Å². The second-order valence-electron chi connectivity index (χ2n) is 10.2. The molecule has 0 saturated heterocycles. The van der Waals surface area contributed by atoms with Gasteiger partial charge in [0.25, 0.3) is 0 Å². The molecule has 2 heterocycles. The van der Waals surface area contributed by atoms with Crippen LogP contribution in [0.2, 0.25) is 0 Å². The Balaban J connectivity index is 1.14. The SMILES string of the molecule is Cc1ccc(-n2cc(COc3ccc(Cc4ccc5oc(C(=O)c6ccc(Br)cc6)cc5c4)cc3C=O)nn2)c(C)c1. The molecule has 0 aliphatic heterocycles. The maximum Gasteiger partial charge on any atom is 0.228 e. The average Bonchev–Trinajstić information content (AvgIpc) is 3.63. The number of ketones is 1. The number of halogens is 1. The average molecular weight is 621 g/mol. The molecule has 0 saturated carbocycles. The fraction of sp³-hybridized carbons (Fsp3) is 0.118. The number of carbonyl (C=O) groups excluding carboxylic acids is 2. The van der Waals surface area contributed by atoms with Gasteiger partial charge in [0.15, 0.2) is 12.0 Å². The normalized spacial score (nSPS) is 11.1. The summed E-state index contributed by atoms with van der Waals surface area (Å²) in [6, 6.07) is 26.5. The number of fused-ring (bicyclic) bond motifs is 1. The zero-order valence-electron chi connectivity index (χ0n) is 23.0. The van der Waals surface area contributed by atoms with Crippen molar-refractivity contribution in [3.8, 4) is 11.4 Å². The Morgan fingerprint density at radius 3 is 2.52 bits per heavy atom. The van der Waals surface area contributed by atoms with Gasteiger partial charge in [0.05, 0.1) is 17.4 Å². The highest BCUT2D eigenvalue weighted by atomic mass is 79.9. The number of furan rings is 1. The van der Waals surface area contributed by atoms with Crippen molar-refractivity contribution >= 4 is 39.0 Å². The molecule has 4 aromatic carbocycles. The highest BCUT2D eigenvalue weighted by Gasteiger charge is 2.15. The first kappa shape index (κ1) is 27.4. The van der Waals surface area contributed by atoms with Gasteiger partial charge in [-0.3, -0.25) is 9.59 Å². The Kier molecular flexibility index (Phi) is 7.54. The minimum Gasteiger partial charge on any atom is -0.486 e. The number of benzene rings is 4. The Morgan fingerprint density at radius 2 is 1.74 bits per heavy atom. The van der Waals surface area contributed by atoms with E-state index in [1.165, 1.54) is 5.56 Å². The molecule has 0 unspecified atom stereocenters. The van der Waals surface area contributed by atoms with Crippen LogP contribution in [-0.2, 0) is 13.0 Å². The number of aryl methyl sites for hydroxylation is 2. The lowest BCUT2D eigenvalue weighted by Gasteiger charge is -2.09. The second kappa shape index (κ2) is 11.6. The van der Waals surface area contributed by atoms with Gasteiger partial charge in [0, 0.05) is 15.4 Å². The van der Waals surface area contributed by atoms with Crippen molar-refractivity contribution in [1.29, 1.82) is 0 Å². The summed E-state index contributed by atoms with van der Waals surface area (Å²) in [5, 5.41) is 9.31. The van der Waals surface area contributed by atoms with Crippen LogP contribution in [0.4, 0.5) is 0 Å². The standard InChI is InChI=1S/C34H26BrN3O4/c1-21-3-10-30(22(2)13-21)38-18-29(36-37-38)20-41-31-11-4-24(16-27(31)19-39)14-23-5-12-32-26(15-23)17-33(42-32)34(40)25-6-8-28(35)9-7-25/h3-13,15-19H,14,20H2,1-2H3. The molecule has 0 radical (unpaired) electrons. The van der Waals surface area contributed by atoms with Crippen molar-refractivity contribution in [2.45, 2.75) is 26.9 Å². The molecular formula is C34H26BrN3O4. The first-order valence-electron chi connectivity index (χ1n) is 13.4. The molecule has 7 nitrogen and oxygen atoms in total. The van der Waals surface area contributed by atoms with Crippen LogP contribution in [0.5, 0.6) is 5.75 Å². The molecule has 42 heavy (non-hydrogen) atoms. The Morgan fingerprint density at radius 1 is 0.952 bits per heavy atom. The lowest BCUT2D eigenvalue weighted by atomic mass is 10.0. The van der Waals surface area contributed by atoms with E-state index in [0.29, 0.717) is 40.3 Å². The summed E-state index contributed by atoms with van der Waals surface area (Å²) in [5.74, 6) is 0.610. The van der Waals surface area contributed by atoms with Crippen molar-refractivity contribution in [2.24, 2.45) is 0 Å². The van der Waals surface area contributed by atoms with Gasteiger partial charge in [-0.2, -0.15) is 0 Å². The number of carbonyl (C=O) groups is 2. The number of nitrogens with zero attached hydrogens (tertiary/aromatic N) is 3. The summed E-state index contributed by atoms with van der Waals surface area (Å²) in [4.78, 5) is 24.8. The molecule has 0 aliphatic carbocycles. The van der Waals surface area contributed by atoms with Crippen molar-refractivity contribution in [1.82, 2.24) is 15.0 Å². The monoisotopic (exact) mass is 619 g/mol. The van der Waals surface area contributed by atoms with E-state index >= 15 is 0 Å². The van der Waals surface area contributed by atoms with Gasteiger partial charge >= 0.3 is 0 Å². The van der Waals surface area contributed by atoms with Crippen molar-refractivity contribution in [3.63, 3.8) is 0 Å². The van der Waals surface area contributed by atoms with Crippen LogP contribution in [0.15, 0.2) is 100 Å². The van der Waals surface area contributed by atoms with Crippen LogP contribution >= 0.6 is 15.9 Å². The summed E-state index contributed by atoms with van der Waals surface area (Å²) in [6.45, 7) is 4.27. The molecule has 0 atom stereocenters. The first-order chi connectivity index (χ1) is 20.4. The van der Waals surface area contributed by atoms with Crippen LogP contribution in [-0.4, -0.2) is 27.1 Å². The van der Waals surface area contributed by atoms with E-state index in [0.717, 1.165) is 38.5 Å². The Hall–Kier alpha value is -4.82. The topological polar surface area (TPSA) is 87.2 Å². The third-order valence-corrected chi connectivity index (χ3v) is 7.56. The second-order valence-corrected chi connectivity index (χ2v) is 11.1. The Bertz CT molecular complexity index is 1940. The predicted octanol–water partition coefficient (Wildman–Crippen LogP) is 7.61. The van der Waals surface area contributed by atoms with E-state index in [1.54, 1.807) is 28.9 Å². The van der Waals surface area contributed by atoms with Crippen LogP contribution < -0.4 is 4.74 Å². The first-order valence-corrected chi connectivity index (χ1v) is 14.2. The lowest BCUT2D eigenvalue weighted by Crippen LogP contribution is -2.00. The molecule has 0 bridgehead atoms. The zero-order chi connectivity index (χ0) is 29.2. The number of aldehydes is 1. The minimum atomic E-state index is -0.167. The molecule has 208 valence electrons. The van der Waals surface area contributed by atoms with Gasteiger partial charge in [-0.25, -0.2) is 4.68 Å². The third kappa shape index (κ3) is 5.80. The lowest BCUT2D eigenvalue weighted by molar-refractivity contribution is 0.101. The molecule has 6 aromatic rings. The molecule has 0 amide bonds. The van der Waals surface area contributed by atoms with Crippen LogP contribution in [0, 0.1) is 13.8 Å². The highest BCUT2D eigenvalue weighted by Crippen LogP contribution is 2.26. The van der Waals surface area contributed by atoms with Gasteiger partial charge in [-0.1, -0.05) is 51.0 Å². The smallest absolute Gasteiger partial charge is 0.228 e. The van der Waals surface area contributed by atoms with E-state index in [1.807, 2.05) is 67.7 Å². The van der Waals surface area contributed by atoms with Gasteiger partial charge in [0.1, 0.15) is 23.6 Å². The van der Waals surface area contributed by atoms with Crippen molar-refractivity contribution < 1.29 is 18.7 Å². The summed E-state index contributed by atoms with van der Waals surface area (Å²) >= 11 is 3.39. The third-order valence-electron chi connectivity index (χ3n) is 7.04. The van der Waals surface area contributed by atoms with Gasteiger partial charge in [0.2, 0.25) is 5.78 Å². The largest absolute Gasteiger partial charge is 0.486 e. The summed E-state index contributed by atoms with van der Waals surface area (Å²) in [6.07, 6.45) is 3.23. The van der Waals surface area contributed by atoms with E-state index in [-0.39, 0.29) is 12.4 Å². The molecule has 8 heteroatoms. The number of ether oxygens (including phenoxy) is 1. The van der Waals surface area contributed by atoms with Crippen LogP contribution in [0.3, 0.4) is 0 Å². The molecule has 2 aromatic heterocycles. The molecule has 0 N–H and O–H groups in total. The summed E-state index contributed by atoms with van der Waals surface area (Å²) < 4.78 is 14.4. The highest BCUT2D eigenvalue weighted by molar-refractivity contribution is 9.10. The van der Waals surface area contributed by atoms with Crippen LogP contribution in [0.25, 0.3) is 16.7 Å². The molecule has 6 rings (SSSR count). The van der Waals surface area contributed by atoms with E-state index in [9.17, 15) is 9.59 Å². The van der Waals surface area contributed by atoms with Gasteiger partial charge in [-0.05, 0) is 97.6 Å². The number of rotatable bonds is 9. The zero-order valence-corrected chi connectivity index (χ0v) is 24.6. The van der Waals surface area contributed by atoms with Crippen LogP contribution in [0.1, 0.15) is 54.4 Å². The van der Waals surface area contributed by atoms with Gasteiger partial charge < -0.3 is 9.15 Å². The van der Waals surface area contributed by atoms with Crippen molar-refractivity contribution in [3.05, 3.63) is 140 Å². The fourth-order valence-electron chi connectivity index (χ4n) is 4.92. The molecule has 0 fully saturated rings. The predicted molar refractivity (Wildman–Crippen MR) is 164 cm³/mol. The molecule has 0 aliphatic rings. The number of aromatic nitrogens is 3. The number of hydrogen-bond donors (Lipinski definition) is 0. The summed E-state index contributed by atoms with van der Waals surface area (Å²) in [5.41, 5.74) is 7.55. The summed E-state index contributed by atoms with van der Waals surface area (Å²) in [7, 11) is 0. The van der Waals surface area contributed by atoms with Crippen molar-refractivity contribution in [2.75, 3.05) is 0 Å². The maximum atomic E-state index is 12.9. The minimum absolute atomic E-state index is 0.167. The quantitative estimate of drug-likeness (QED) is 0.122. The molecule has 0 spiro atoms. The van der Waals surface area contributed by atoms with E-state index in [2.05, 4.69) is 39.2 Å². The molecular weight excluding hydrogens is 594 g/mol. The van der Waals surface area contributed by atoms with E-state index < -0.39 is 0 Å². The maximum absolute atomic E-state index is 12.9. The van der Waals surface area contributed by atoms with Gasteiger partial charge in [-0.15, -0.1) is 5.10 Å². The Labute approximate surface area is 250 Å². The number of hydrogen-bond acceptors (Lipinski definition) is 6.